The Morgan fingerprint density at radius 1 is 1.50 bits per heavy atom. The molecule has 0 aliphatic heterocycles. The summed E-state index contributed by atoms with van der Waals surface area (Å²) >= 11 is 0. The number of nitrogens with two attached hydrogens (primary N) is 1. The molecule has 0 aromatic heterocycles. The molecule has 70 valence electrons. The molecular weight excluding hydrogens is 158 g/mol. The average molecular weight is 173 g/mol. The molecule has 2 N–H and O–H groups in total. The molecule has 12 heavy (non-hydrogen) atoms. The Morgan fingerprint density at radius 2 is 2.08 bits per heavy atom. The second-order valence-corrected chi connectivity index (χ2v) is 2.77. The van der Waals surface area contributed by atoms with Crippen LogP contribution < -0.4 is 5.73 Å². The van der Waals surface area contributed by atoms with Gasteiger partial charge in [-0.15, -0.1) is 0 Å². The molecule has 0 heterocycles. The highest BCUT2D eigenvalue weighted by atomic mass is 16.5. The van der Waals surface area contributed by atoms with Gasteiger partial charge in [0.15, 0.2) is 0 Å². The second-order valence-electron chi connectivity index (χ2n) is 2.77. The summed E-state index contributed by atoms with van der Waals surface area (Å²) in [6.07, 6.45) is 0.728. The van der Waals surface area contributed by atoms with Crippen LogP contribution in [-0.4, -0.2) is 25.4 Å². The predicted molar refractivity (Wildman–Crippen MR) is 44.5 cm³/mol. The molecule has 1 amide bonds. The first-order valence-electron chi connectivity index (χ1n) is 3.85. The fourth-order valence-corrected chi connectivity index (χ4v) is 0.922. The third kappa shape index (κ3) is 4.85. The highest BCUT2D eigenvalue weighted by Gasteiger charge is 2.14. The molecule has 0 rings (SSSR count). The number of hydrogen-bond donors (Lipinski definition) is 1. The van der Waals surface area contributed by atoms with Gasteiger partial charge < -0.3 is 10.5 Å². The van der Waals surface area contributed by atoms with Crippen molar-refractivity contribution in [2.75, 3.05) is 13.7 Å². The summed E-state index contributed by atoms with van der Waals surface area (Å²) in [6.45, 7) is 1.85. The number of primary amides is 1. The first kappa shape index (κ1) is 11.1. The van der Waals surface area contributed by atoms with Crippen molar-refractivity contribution >= 4 is 11.7 Å². The zero-order valence-corrected chi connectivity index (χ0v) is 7.50. The van der Waals surface area contributed by atoms with Crippen LogP contribution in [-0.2, 0) is 14.3 Å². The van der Waals surface area contributed by atoms with E-state index in [-0.39, 0.29) is 24.0 Å². The number of Topliss-reactive ketones (excluding diaryl/α,β-unsaturated/α-hetero) is 1. The number of amides is 1. The molecular formula is C8H15NO3. The summed E-state index contributed by atoms with van der Waals surface area (Å²) in [5, 5.41) is 0. The normalized spacial score (nSPS) is 12.5. The van der Waals surface area contributed by atoms with Gasteiger partial charge in [0.25, 0.3) is 0 Å². The number of rotatable bonds is 6. The molecule has 4 heteroatoms. The molecule has 1 atom stereocenters. The largest absolute Gasteiger partial charge is 0.384 e. The smallest absolute Gasteiger partial charge is 0.217 e. The number of ether oxygens (including phenoxy) is 1. The van der Waals surface area contributed by atoms with E-state index >= 15 is 0 Å². The van der Waals surface area contributed by atoms with Crippen LogP contribution in [0.25, 0.3) is 0 Å². The van der Waals surface area contributed by atoms with Gasteiger partial charge in [-0.3, -0.25) is 9.59 Å². The van der Waals surface area contributed by atoms with E-state index in [2.05, 4.69) is 0 Å². The predicted octanol–water partition coefficient (Wildman–Crippen LogP) is 0.104. The van der Waals surface area contributed by atoms with E-state index in [1.165, 1.54) is 14.0 Å². The van der Waals surface area contributed by atoms with Crippen molar-refractivity contribution in [3.05, 3.63) is 0 Å². The van der Waals surface area contributed by atoms with Crippen LogP contribution in [0.2, 0.25) is 0 Å². The Hall–Kier alpha value is -0.900. The zero-order chi connectivity index (χ0) is 9.56. The average Bonchev–Trinajstić information content (AvgIpc) is 1.96. The molecule has 0 saturated heterocycles. The molecule has 0 saturated carbocycles. The van der Waals surface area contributed by atoms with Crippen molar-refractivity contribution in [3.63, 3.8) is 0 Å². The van der Waals surface area contributed by atoms with Crippen molar-refractivity contribution in [1.82, 2.24) is 0 Å². The van der Waals surface area contributed by atoms with Gasteiger partial charge in [0.05, 0.1) is 6.61 Å². The first-order chi connectivity index (χ1) is 5.57. The summed E-state index contributed by atoms with van der Waals surface area (Å²) in [7, 11) is 1.53. The molecule has 4 nitrogen and oxygen atoms in total. The Morgan fingerprint density at radius 3 is 2.42 bits per heavy atom. The SMILES string of the molecule is COCC(CCC(N)=O)C(C)=O. The Kier molecular flexibility index (Phi) is 5.28. The lowest BCUT2D eigenvalue weighted by Gasteiger charge is -2.10. The molecule has 0 spiro atoms. The van der Waals surface area contributed by atoms with Crippen LogP contribution in [0.15, 0.2) is 0 Å². The number of carbonyl (C=O) groups excluding carboxylic acids is 2. The first-order valence-corrected chi connectivity index (χ1v) is 3.85. The summed E-state index contributed by atoms with van der Waals surface area (Å²) in [5.74, 6) is -0.530. The lowest BCUT2D eigenvalue weighted by Crippen LogP contribution is -2.20. The van der Waals surface area contributed by atoms with Crippen molar-refractivity contribution in [1.29, 1.82) is 0 Å². The number of methoxy groups -OCH3 is 1. The maximum Gasteiger partial charge on any atom is 0.217 e. The van der Waals surface area contributed by atoms with E-state index in [9.17, 15) is 9.59 Å². The van der Waals surface area contributed by atoms with Gasteiger partial charge in [0.1, 0.15) is 5.78 Å². The number of carbonyl (C=O) groups is 2. The zero-order valence-electron chi connectivity index (χ0n) is 7.50. The standard InChI is InChI=1S/C8H15NO3/c1-6(10)7(5-12-2)3-4-8(9)11/h7H,3-5H2,1-2H3,(H2,9,11). The van der Waals surface area contributed by atoms with E-state index in [1.54, 1.807) is 0 Å². The van der Waals surface area contributed by atoms with Crippen molar-refractivity contribution in [3.8, 4) is 0 Å². The fourth-order valence-electron chi connectivity index (χ4n) is 0.922. The Labute approximate surface area is 72.1 Å². The van der Waals surface area contributed by atoms with E-state index in [0.717, 1.165) is 0 Å². The number of hydrogen-bond acceptors (Lipinski definition) is 3. The highest BCUT2D eigenvalue weighted by Crippen LogP contribution is 2.07. The molecule has 0 aliphatic carbocycles. The molecule has 0 radical (unpaired) electrons. The van der Waals surface area contributed by atoms with Gasteiger partial charge in [0.2, 0.25) is 5.91 Å². The summed E-state index contributed by atoms with van der Waals surface area (Å²) in [5.41, 5.74) is 4.95. The maximum atomic E-state index is 10.9. The monoisotopic (exact) mass is 173 g/mol. The van der Waals surface area contributed by atoms with E-state index in [0.29, 0.717) is 13.0 Å². The minimum Gasteiger partial charge on any atom is -0.384 e. The summed E-state index contributed by atoms with van der Waals surface area (Å²) in [4.78, 5) is 21.3. The summed E-state index contributed by atoms with van der Waals surface area (Å²) < 4.78 is 4.82. The molecule has 0 bridgehead atoms. The number of ketones is 1. The quantitative estimate of drug-likeness (QED) is 0.619. The van der Waals surface area contributed by atoms with E-state index in [1.807, 2.05) is 0 Å². The van der Waals surface area contributed by atoms with E-state index in [4.69, 9.17) is 10.5 Å². The van der Waals surface area contributed by atoms with Gasteiger partial charge >= 0.3 is 0 Å². The Balaban J connectivity index is 3.79. The van der Waals surface area contributed by atoms with Gasteiger partial charge in [-0.2, -0.15) is 0 Å². The highest BCUT2D eigenvalue weighted by molar-refractivity contribution is 5.79. The van der Waals surface area contributed by atoms with Crippen molar-refractivity contribution in [2.45, 2.75) is 19.8 Å². The lowest BCUT2D eigenvalue weighted by molar-refractivity contribution is -0.123. The molecule has 0 aliphatic rings. The molecule has 0 fully saturated rings. The molecule has 1 unspecified atom stereocenters. The van der Waals surface area contributed by atoms with E-state index < -0.39 is 0 Å². The minimum absolute atomic E-state index is 0.0399. The Bertz CT molecular complexity index is 168. The van der Waals surface area contributed by atoms with Crippen LogP contribution in [0.5, 0.6) is 0 Å². The fraction of sp³-hybridized carbons (Fsp3) is 0.750. The van der Waals surface area contributed by atoms with Crippen LogP contribution >= 0.6 is 0 Å². The van der Waals surface area contributed by atoms with Crippen LogP contribution in [0.4, 0.5) is 0 Å². The molecule has 0 aromatic rings. The van der Waals surface area contributed by atoms with Gasteiger partial charge in [-0.25, -0.2) is 0 Å². The lowest BCUT2D eigenvalue weighted by atomic mass is 10.0. The van der Waals surface area contributed by atoms with Crippen LogP contribution in [0, 0.1) is 5.92 Å². The van der Waals surface area contributed by atoms with Crippen molar-refractivity contribution < 1.29 is 14.3 Å². The minimum atomic E-state index is -0.377. The van der Waals surface area contributed by atoms with Gasteiger partial charge in [-0.05, 0) is 13.3 Å². The van der Waals surface area contributed by atoms with Gasteiger partial charge in [-0.1, -0.05) is 0 Å². The van der Waals surface area contributed by atoms with Crippen LogP contribution in [0.3, 0.4) is 0 Å². The third-order valence-corrected chi connectivity index (χ3v) is 1.68. The van der Waals surface area contributed by atoms with Crippen LogP contribution in [0.1, 0.15) is 19.8 Å². The second kappa shape index (κ2) is 5.71. The summed E-state index contributed by atoms with van der Waals surface area (Å²) in [6, 6.07) is 0. The van der Waals surface area contributed by atoms with Crippen molar-refractivity contribution in [2.24, 2.45) is 11.7 Å². The molecule has 0 aromatic carbocycles. The third-order valence-electron chi connectivity index (χ3n) is 1.68. The topological polar surface area (TPSA) is 69.4 Å². The van der Waals surface area contributed by atoms with Gasteiger partial charge in [0, 0.05) is 19.4 Å². The maximum absolute atomic E-state index is 10.9.